The van der Waals surface area contributed by atoms with Crippen molar-refractivity contribution in [3.8, 4) is 0 Å². The first-order valence-corrected chi connectivity index (χ1v) is 11.3. The molecule has 3 atom stereocenters. The third-order valence-electron chi connectivity index (χ3n) is 7.57. The van der Waals surface area contributed by atoms with Crippen molar-refractivity contribution in [1.82, 2.24) is 0 Å². The first-order valence-electron chi connectivity index (χ1n) is 11.3. The number of carbonyl (C=O) groups is 3. The van der Waals surface area contributed by atoms with Crippen LogP contribution in [-0.4, -0.2) is 29.4 Å². The van der Waals surface area contributed by atoms with Gasteiger partial charge >= 0.3 is 0 Å². The Bertz CT molecular complexity index is 1330. The van der Waals surface area contributed by atoms with Crippen LogP contribution in [0.2, 0.25) is 0 Å². The van der Waals surface area contributed by atoms with Crippen LogP contribution in [0.1, 0.15) is 50.2 Å². The van der Waals surface area contributed by atoms with Gasteiger partial charge in [-0.05, 0) is 31.0 Å². The van der Waals surface area contributed by atoms with Crippen molar-refractivity contribution in [2.45, 2.75) is 31.8 Å². The third kappa shape index (κ3) is 2.44. The van der Waals surface area contributed by atoms with E-state index in [0.717, 1.165) is 22.4 Å². The van der Waals surface area contributed by atoms with Crippen LogP contribution in [0.15, 0.2) is 78.9 Å². The van der Waals surface area contributed by atoms with Crippen molar-refractivity contribution in [3.05, 3.63) is 107 Å². The fourth-order valence-corrected chi connectivity index (χ4v) is 6.22. The Morgan fingerprint density at radius 2 is 1.45 bits per heavy atom. The fourth-order valence-electron chi connectivity index (χ4n) is 6.22. The molecule has 2 heterocycles. The largest absolute Gasteiger partial charge is 0.352 e. The molecule has 0 amide bonds. The van der Waals surface area contributed by atoms with Crippen molar-refractivity contribution < 1.29 is 14.4 Å². The second-order valence-corrected chi connectivity index (χ2v) is 9.29. The van der Waals surface area contributed by atoms with Crippen molar-refractivity contribution in [1.29, 1.82) is 0 Å². The maximum atomic E-state index is 14.2. The van der Waals surface area contributed by atoms with Gasteiger partial charge in [0, 0.05) is 22.7 Å². The minimum atomic E-state index is -1.39. The molecule has 162 valence electrons. The summed E-state index contributed by atoms with van der Waals surface area (Å²) in [4.78, 5) is 43.8. The fraction of sp³-hybridized carbons (Fsp3) is 0.207. The molecule has 0 saturated carbocycles. The number of hydrogen-bond acceptors (Lipinski definition) is 4. The smallest absolute Gasteiger partial charge is 0.180 e. The number of fused-ring (bicyclic) bond motifs is 5. The van der Waals surface area contributed by atoms with Gasteiger partial charge in [0.15, 0.2) is 17.3 Å². The summed E-state index contributed by atoms with van der Waals surface area (Å²) < 4.78 is 0. The van der Waals surface area contributed by atoms with E-state index in [1.165, 1.54) is 0 Å². The highest BCUT2D eigenvalue weighted by Gasteiger charge is 2.71. The molecule has 6 rings (SSSR count). The Kier molecular flexibility index (Phi) is 4.12. The van der Waals surface area contributed by atoms with Crippen LogP contribution in [0, 0.1) is 12.3 Å². The summed E-state index contributed by atoms with van der Waals surface area (Å²) in [6, 6.07) is 21.7. The molecule has 0 unspecified atom stereocenters. The average Bonchev–Trinajstić information content (AvgIpc) is 3.27. The molecule has 1 spiro atoms. The van der Waals surface area contributed by atoms with Crippen LogP contribution in [0.3, 0.4) is 0 Å². The second-order valence-electron chi connectivity index (χ2n) is 9.29. The van der Waals surface area contributed by atoms with Crippen molar-refractivity contribution in [3.63, 3.8) is 0 Å². The Morgan fingerprint density at radius 1 is 0.848 bits per heavy atom. The summed E-state index contributed by atoms with van der Waals surface area (Å²) in [6.07, 6.45) is 3.94. The minimum Gasteiger partial charge on any atom is -0.352 e. The van der Waals surface area contributed by atoms with Crippen molar-refractivity contribution in [2.24, 2.45) is 5.41 Å². The van der Waals surface area contributed by atoms with Gasteiger partial charge in [-0.15, -0.1) is 0 Å². The van der Waals surface area contributed by atoms with E-state index in [9.17, 15) is 14.4 Å². The molecular weight excluding hydrogens is 410 g/mol. The SMILES string of the molecule is CC(=O)[C@@H]1[C@@H](c2ccc(C)cc2)C2(C(=O)c3ccccc3C2=O)[C@@H]2C=Cc3ccccc3N12. The van der Waals surface area contributed by atoms with Crippen LogP contribution >= 0.6 is 0 Å². The van der Waals surface area contributed by atoms with Gasteiger partial charge in [0.2, 0.25) is 0 Å². The monoisotopic (exact) mass is 433 g/mol. The van der Waals surface area contributed by atoms with Gasteiger partial charge in [-0.1, -0.05) is 84.4 Å². The molecule has 33 heavy (non-hydrogen) atoms. The van der Waals surface area contributed by atoms with E-state index in [1.807, 2.05) is 72.5 Å². The number of nitrogens with zero attached hydrogens (tertiary/aromatic N) is 1. The van der Waals surface area contributed by atoms with E-state index in [1.54, 1.807) is 31.2 Å². The van der Waals surface area contributed by atoms with Crippen LogP contribution in [0.5, 0.6) is 0 Å². The molecule has 2 aliphatic heterocycles. The quantitative estimate of drug-likeness (QED) is 0.533. The topological polar surface area (TPSA) is 54.5 Å². The Hall–Kier alpha value is -3.79. The lowest BCUT2D eigenvalue weighted by Crippen LogP contribution is -2.48. The Morgan fingerprint density at radius 3 is 2.09 bits per heavy atom. The highest BCUT2D eigenvalue weighted by Crippen LogP contribution is 2.60. The molecule has 4 nitrogen and oxygen atoms in total. The molecule has 0 aromatic heterocycles. The lowest BCUT2D eigenvalue weighted by Gasteiger charge is -2.37. The molecule has 0 N–H and O–H groups in total. The zero-order valence-corrected chi connectivity index (χ0v) is 18.5. The predicted octanol–water partition coefficient (Wildman–Crippen LogP) is 5.02. The van der Waals surface area contributed by atoms with E-state index in [-0.39, 0.29) is 17.3 Å². The Balaban J connectivity index is 1.68. The molecule has 3 aromatic carbocycles. The summed E-state index contributed by atoms with van der Waals surface area (Å²) in [5.74, 6) is -1.01. The van der Waals surface area contributed by atoms with Gasteiger partial charge in [-0.3, -0.25) is 14.4 Å². The molecule has 1 fully saturated rings. The van der Waals surface area contributed by atoms with Crippen LogP contribution in [0.4, 0.5) is 5.69 Å². The first kappa shape index (κ1) is 19.9. The maximum absolute atomic E-state index is 14.2. The summed E-state index contributed by atoms with van der Waals surface area (Å²) in [5.41, 5.74) is 3.31. The van der Waals surface area contributed by atoms with Gasteiger partial charge in [0.25, 0.3) is 0 Å². The number of Topliss-reactive ketones (excluding diaryl/α,β-unsaturated/α-hetero) is 3. The molecular formula is C29H23NO3. The molecule has 0 radical (unpaired) electrons. The minimum absolute atomic E-state index is 0.0518. The maximum Gasteiger partial charge on any atom is 0.180 e. The number of aryl methyl sites for hydroxylation is 1. The van der Waals surface area contributed by atoms with E-state index in [2.05, 4.69) is 0 Å². The number of benzene rings is 3. The lowest BCUT2D eigenvalue weighted by atomic mass is 9.64. The van der Waals surface area contributed by atoms with E-state index in [4.69, 9.17) is 0 Å². The average molecular weight is 434 g/mol. The molecule has 4 heteroatoms. The van der Waals surface area contributed by atoms with Gasteiger partial charge in [-0.25, -0.2) is 0 Å². The van der Waals surface area contributed by atoms with Gasteiger partial charge in [0.1, 0.15) is 5.41 Å². The second kappa shape index (κ2) is 6.85. The molecule has 1 aliphatic carbocycles. The van der Waals surface area contributed by atoms with E-state index < -0.39 is 23.4 Å². The van der Waals surface area contributed by atoms with Crippen molar-refractivity contribution in [2.75, 3.05) is 4.90 Å². The molecule has 3 aromatic rings. The third-order valence-corrected chi connectivity index (χ3v) is 7.57. The van der Waals surface area contributed by atoms with Gasteiger partial charge in [-0.2, -0.15) is 0 Å². The molecule has 3 aliphatic rings. The molecule has 1 saturated heterocycles. The zero-order valence-electron chi connectivity index (χ0n) is 18.5. The number of ketones is 3. The first-order chi connectivity index (χ1) is 16.0. The summed E-state index contributed by atoms with van der Waals surface area (Å²) in [5, 5.41) is 0. The van der Waals surface area contributed by atoms with Gasteiger partial charge < -0.3 is 4.90 Å². The van der Waals surface area contributed by atoms with Crippen LogP contribution < -0.4 is 4.90 Å². The highest BCUT2D eigenvalue weighted by atomic mass is 16.2. The molecule has 0 bridgehead atoms. The zero-order chi connectivity index (χ0) is 22.9. The Labute approximate surface area is 192 Å². The summed E-state index contributed by atoms with van der Waals surface area (Å²) >= 11 is 0. The lowest BCUT2D eigenvalue weighted by molar-refractivity contribution is -0.118. The van der Waals surface area contributed by atoms with E-state index >= 15 is 0 Å². The van der Waals surface area contributed by atoms with Crippen molar-refractivity contribution >= 4 is 29.1 Å². The number of hydrogen-bond donors (Lipinski definition) is 0. The number of anilines is 1. The number of carbonyl (C=O) groups excluding carboxylic acids is 3. The number of para-hydroxylation sites is 1. The van der Waals surface area contributed by atoms with E-state index in [0.29, 0.717) is 11.1 Å². The highest BCUT2D eigenvalue weighted by molar-refractivity contribution is 6.32. The van der Waals surface area contributed by atoms with Crippen LogP contribution in [0.25, 0.3) is 6.08 Å². The standard InChI is InChI=1S/C29H23NO3/c1-17-11-13-20(14-12-17)25-26(18(2)31)30-23-10-6-3-7-19(23)15-16-24(30)29(25)27(32)21-8-4-5-9-22(21)28(29)33/h3-16,24-26H,1-2H3/t24-,25+,26+/m0/s1. The normalized spacial score (nSPS) is 24.1. The van der Waals surface area contributed by atoms with Gasteiger partial charge in [0.05, 0.1) is 12.1 Å². The predicted molar refractivity (Wildman–Crippen MR) is 128 cm³/mol. The number of rotatable bonds is 2. The summed E-state index contributed by atoms with van der Waals surface area (Å²) in [7, 11) is 0. The van der Waals surface area contributed by atoms with Crippen LogP contribution in [-0.2, 0) is 4.79 Å². The summed E-state index contributed by atoms with van der Waals surface area (Å²) in [6.45, 7) is 3.57.